The average molecular weight is 548 g/mol. The maximum Gasteiger partial charge on any atom is 0.321 e. The Kier molecular flexibility index (Phi) is 7.66. The molecule has 2 rings (SSSR count). The Balaban J connectivity index is 2.10. The number of nitrogens with zero attached hydrogens (tertiary/aromatic N) is 3. The van der Waals surface area contributed by atoms with Gasteiger partial charge in [0, 0.05) is 0 Å². The number of hydrogen-bond donors (Lipinski definition) is 2. The van der Waals surface area contributed by atoms with Crippen molar-refractivity contribution in [1.82, 2.24) is 5.43 Å². The Morgan fingerprint density at radius 2 is 1.83 bits per heavy atom. The van der Waals surface area contributed by atoms with E-state index in [9.17, 15) is 30.1 Å². The molecule has 2 aromatic carbocycles. The van der Waals surface area contributed by atoms with Gasteiger partial charge in [0.15, 0.2) is 12.4 Å². The number of nitro benzene ring substituents is 2. The summed E-state index contributed by atoms with van der Waals surface area (Å²) in [4.78, 5) is 32.3. The molecule has 0 aromatic heterocycles. The molecule has 14 heteroatoms. The zero-order chi connectivity index (χ0) is 22.4. The molecule has 1 amide bonds. The van der Waals surface area contributed by atoms with Crippen molar-refractivity contribution < 1.29 is 29.2 Å². The third-order valence-electron chi connectivity index (χ3n) is 3.44. The molecule has 0 aliphatic rings. The van der Waals surface area contributed by atoms with Crippen LogP contribution >= 0.6 is 31.9 Å². The van der Waals surface area contributed by atoms with E-state index in [-0.39, 0.29) is 11.5 Å². The van der Waals surface area contributed by atoms with Crippen LogP contribution in [-0.4, -0.2) is 40.8 Å². The molecular formula is C16H12Br2N4O8. The van der Waals surface area contributed by atoms with E-state index < -0.39 is 39.5 Å². The molecule has 30 heavy (non-hydrogen) atoms. The fourth-order valence-corrected chi connectivity index (χ4v) is 3.34. The van der Waals surface area contributed by atoms with E-state index in [1.165, 1.54) is 6.21 Å². The molecule has 12 nitrogen and oxygen atoms in total. The van der Waals surface area contributed by atoms with E-state index >= 15 is 0 Å². The normalized spacial score (nSPS) is 10.6. The molecule has 0 aliphatic carbocycles. The summed E-state index contributed by atoms with van der Waals surface area (Å²) in [5.41, 5.74) is 1.42. The zero-order valence-electron chi connectivity index (χ0n) is 15.0. The number of rotatable bonds is 8. The number of phenols is 1. The molecule has 158 valence electrons. The lowest BCUT2D eigenvalue weighted by Gasteiger charge is -2.10. The summed E-state index contributed by atoms with van der Waals surface area (Å²) in [6.45, 7) is -0.671. The Hall–Kier alpha value is -3.26. The molecule has 2 N–H and O–H groups in total. The molecule has 0 saturated heterocycles. The molecule has 0 radical (unpaired) electrons. The van der Waals surface area contributed by atoms with Crippen molar-refractivity contribution in [3.63, 3.8) is 0 Å². The molecule has 0 atom stereocenters. The highest BCUT2D eigenvalue weighted by Gasteiger charge is 2.27. The highest BCUT2D eigenvalue weighted by atomic mass is 79.9. The maximum absolute atomic E-state index is 11.9. The topological polar surface area (TPSA) is 166 Å². The molecule has 0 unspecified atom stereocenters. The second-order valence-electron chi connectivity index (χ2n) is 5.43. The fraction of sp³-hybridized carbons (Fsp3) is 0.125. The van der Waals surface area contributed by atoms with Crippen LogP contribution in [0.1, 0.15) is 5.56 Å². The molecule has 0 fully saturated rings. The monoisotopic (exact) mass is 546 g/mol. The number of hydrazone groups is 1. The van der Waals surface area contributed by atoms with Crippen molar-refractivity contribution in [2.45, 2.75) is 0 Å². The minimum Gasteiger partial charge on any atom is -0.506 e. The number of amides is 1. The Bertz CT molecular complexity index is 1020. The third-order valence-corrected chi connectivity index (χ3v) is 4.65. The van der Waals surface area contributed by atoms with Gasteiger partial charge in [0.2, 0.25) is 5.75 Å². The molecule has 0 bridgehead atoms. The number of halogens is 2. The van der Waals surface area contributed by atoms with E-state index in [1.807, 2.05) is 0 Å². The van der Waals surface area contributed by atoms with Gasteiger partial charge in [0.05, 0.1) is 44.2 Å². The first kappa shape index (κ1) is 23.0. The van der Waals surface area contributed by atoms with Gasteiger partial charge < -0.3 is 14.6 Å². The van der Waals surface area contributed by atoms with Crippen LogP contribution in [0.25, 0.3) is 0 Å². The second-order valence-corrected chi connectivity index (χ2v) is 7.13. The highest BCUT2D eigenvalue weighted by Crippen LogP contribution is 2.40. The Labute approximate surface area is 185 Å². The van der Waals surface area contributed by atoms with Gasteiger partial charge in [-0.15, -0.1) is 0 Å². The first-order valence-corrected chi connectivity index (χ1v) is 9.36. The van der Waals surface area contributed by atoms with E-state index in [0.717, 1.165) is 13.2 Å². The van der Waals surface area contributed by atoms with Crippen molar-refractivity contribution in [3.05, 3.63) is 59.0 Å². The number of nitro groups is 2. The van der Waals surface area contributed by atoms with Crippen LogP contribution in [0.15, 0.2) is 38.3 Å². The quantitative estimate of drug-likeness (QED) is 0.288. The molecule has 0 saturated carbocycles. The number of non-ortho nitro benzene ring substituents is 1. The van der Waals surface area contributed by atoms with Crippen LogP contribution in [0.2, 0.25) is 0 Å². The predicted molar refractivity (Wildman–Crippen MR) is 111 cm³/mol. The van der Waals surface area contributed by atoms with Crippen LogP contribution in [0, 0.1) is 20.2 Å². The molecule has 0 spiro atoms. The van der Waals surface area contributed by atoms with Crippen LogP contribution in [0.5, 0.6) is 17.2 Å². The molecule has 0 aliphatic heterocycles. The van der Waals surface area contributed by atoms with E-state index in [1.54, 1.807) is 12.1 Å². The average Bonchev–Trinajstić information content (AvgIpc) is 2.69. The van der Waals surface area contributed by atoms with Crippen molar-refractivity contribution >= 4 is 55.4 Å². The second kappa shape index (κ2) is 9.98. The van der Waals surface area contributed by atoms with E-state index in [4.69, 9.17) is 9.47 Å². The van der Waals surface area contributed by atoms with Gasteiger partial charge in [-0.2, -0.15) is 5.10 Å². The first-order chi connectivity index (χ1) is 14.1. The summed E-state index contributed by atoms with van der Waals surface area (Å²) >= 11 is 6.31. The van der Waals surface area contributed by atoms with Crippen LogP contribution < -0.4 is 14.9 Å². The minimum absolute atomic E-state index is 0.00299. The lowest BCUT2D eigenvalue weighted by atomic mass is 10.2. The number of carbonyl (C=O) groups is 1. The first-order valence-electron chi connectivity index (χ1n) is 7.77. The number of hydrogen-bond acceptors (Lipinski definition) is 9. The van der Waals surface area contributed by atoms with Gasteiger partial charge in [-0.1, -0.05) is 0 Å². The van der Waals surface area contributed by atoms with Gasteiger partial charge in [-0.25, -0.2) is 5.43 Å². The standard InChI is InChI=1S/C16H12Br2N4O8/c1-29-13-5-9(21(25)26)4-12(22(27)28)16(13)30-7-14(23)20-19-6-8-2-10(17)15(24)11(18)3-8/h2-6,24H,7H2,1H3,(H,20,23)/b19-6-. The fourth-order valence-electron chi connectivity index (χ4n) is 2.12. The van der Waals surface area contributed by atoms with Crippen molar-refractivity contribution in [1.29, 1.82) is 0 Å². The van der Waals surface area contributed by atoms with Crippen molar-refractivity contribution in [2.24, 2.45) is 5.10 Å². The predicted octanol–water partition coefficient (Wildman–Crippen LogP) is 3.27. The van der Waals surface area contributed by atoms with Gasteiger partial charge in [0.25, 0.3) is 11.6 Å². The molecule has 2 aromatic rings. The summed E-state index contributed by atoms with van der Waals surface area (Å²) in [6.07, 6.45) is 1.29. The van der Waals surface area contributed by atoms with Crippen molar-refractivity contribution in [2.75, 3.05) is 13.7 Å². The number of nitrogens with one attached hydrogen (secondary N) is 1. The van der Waals surface area contributed by atoms with Gasteiger partial charge in [-0.05, 0) is 49.6 Å². The highest BCUT2D eigenvalue weighted by molar-refractivity contribution is 9.11. The van der Waals surface area contributed by atoms with E-state index in [2.05, 4.69) is 42.4 Å². The number of benzene rings is 2. The number of aromatic hydroxyl groups is 1. The molecule has 0 heterocycles. The van der Waals surface area contributed by atoms with Gasteiger partial charge in [0.1, 0.15) is 5.75 Å². The summed E-state index contributed by atoms with van der Waals surface area (Å²) < 4.78 is 10.9. The molecular weight excluding hydrogens is 536 g/mol. The zero-order valence-corrected chi connectivity index (χ0v) is 18.2. The number of ether oxygens (including phenoxy) is 2. The van der Waals surface area contributed by atoms with Gasteiger partial charge >= 0.3 is 5.69 Å². The number of methoxy groups -OCH3 is 1. The summed E-state index contributed by atoms with van der Waals surface area (Å²) in [6, 6.07) is 4.75. The lowest BCUT2D eigenvalue weighted by molar-refractivity contribution is -0.394. The van der Waals surface area contributed by atoms with Crippen LogP contribution in [0.3, 0.4) is 0 Å². The number of phenolic OH excluding ortho intramolecular Hbond substituents is 1. The number of carbonyl (C=O) groups excluding carboxylic acids is 1. The van der Waals surface area contributed by atoms with Crippen LogP contribution in [-0.2, 0) is 4.79 Å². The SMILES string of the molecule is COc1cc([N+](=O)[O-])cc([N+](=O)[O-])c1OCC(=O)N/N=C\c1cc(Br)c(O)c(Br)c1. The summed E-state index contributed by atoms with van der Waals surface area (Å²) in [7, 11) is 1.15. The van der Waals surface area contributed by atoms with Crippen LogP contribution in [0.4, 0.5) is 11.4 Å². The van der Waals surface area contributed by atoms with Gasteiger partial charge in [-0.3, -0.25) is 25.0 Å². The summed E-state index contributed by atoms with van der Waals surface area (Å²) in [5, 5.41) is 35.5. The largest absolute Gasteiger partial charge is 0.506 e. The Morgan fingerprint density at radius 1 is 1.20 bits per heavy atom. The Morgan fingerprint density at radius 3 is 2.37 bits per heavy atom. The van der Waals surface area contributed by atoms with Crippen molar-refractivity contribution in [3.8, 4) is 17.2 Å². The minimum atomic E-state index is -0.887. The lowest BCUT2D eigenvalue weighted by Crippen LogP contribution is -2.25. The summed E-state index contributed by atoms with van der Waals surface area (Å²) in [5.74, 6) is -1.45. The smallest absolute Gasteiger partial charge is 0.321 e. The van der Waals surface area contributed by atoms with E-state index in [0.29, 0.717) is 20.6 Å². The maximum atomic E-state index is 11.9. The third kappa shape index (κ3) is 5.64.